The van der Waals surface area contributed by atoms with Crippen LogP contribution in [0.15, 0.2) is 42.5 Å². The second-order valence-electron chi connectivity index (χ2n) is 4.65. The molecule has 0 amide bonds. The number of anilines is 3. The number of rotatable bonds is 5. The van der Waals surface area contributed by atoms with E-state index in [1.165, 1.54) is 5.69 Å². The summed E-state index contributed by atoms with van der Waals surface area (Å²) in [4.78, 5) is 2.28. The van der Waals surface area contributed by atoms with Crippen LogP contribution in [-0.4, -0.2) is 13.1 Å². The van der Waals surface area contributed by atoms with Gasteiger partial charge >= 0.3 is 0 Å². The smallest absolute Gasteiger partial charge is 0.101 e. The molecule has 0 bridgehead atoms. The minimum absolute atomic E-state index is 0.537. The van der Waals surface area contributed by atoms with Crippen LogP contribution in [0.4, 0.5) is 17.1 Å². The maximum absolute atomic E-state index is 9.15. The lowest BCUT2D eigenvalue weighted by atomic mass is 10.2. The SMILES string of the molecule is CCN(CC)c1ccc(Nc2ccc(Cl)cc2C#N)cc1. The van der Waals surface area contributed by atoms with Gasteiger partial charge in [0.25, 0.3) is 0 Å². The molecule has 0 radical (unpaired) electrons. The Bertz CT molecular complexity index is 640. The molecule has 0 heterocycles. The summed E-state index contributed by atoms with van der Waals surface area (Å²) in [5.74, 6) is 0. The Hall–Kier alpha value is -2.18. The van der Waals surface area contributed by atoms with E-state index in [2.05, 4.69) is 42.3 Å². The van der Waals surface area contributed by atoms with E-state index in [-0.39, 0.29) is 0 Å². The number of nitriles is 1. The van der Waals surface area contributed by atoms with E-state index in [1.807, 2.05) is 18.2 Å². The standard InChI is InChI=1S/C17H18ClN3/c1-3-21(4-2)16-8-6-15(7-9-16)20-17-10-5-14(18)11-13(17)12-19/h5-11,20H,3-4H2,1-2H3. The Morgan fingerprint density at radius 3 is 2.33 bits per heavy atom. The van der Waals surface area contributed by atoms with E-state index in [9.17, 15) is 0 Å². The van der Waals surface area contributed by atoms with Crippen molar-refractivity contribution in [1.82, 2.24) is 0 Å². The predicted molar refractivity (Wildman–Crippen MR) is 89.5 cm³/mol. The molecule has 2 rings (SSSR count). The van der Waals surface area contributed by atoms with Gasteiger partial charge in [0.15, 0.2) is 0 Å². The third-order valence-corrected chi connectivity index (χ3v) is 3.61. The van der Waals surface area contributed by atoms with Crippen LogP contribution in [0.3, 0.4) is 0 Å². The van der Waals surface area contributed by atoms with Crippen LogP contribution < -0.4 is 10.2 Å². The maximum Gasteiger partial charge on any atom is 0.101 e. The number of benzene rings is 2. The molecule has 0 unspecified atom stereocenters. The molecule has 1 N–H and O–H groups in total. The molecule has 0 aliphatic carbocycles. The summed E-state index contributed by atoms with van der Waals surface area (Å²) in [5.41, 5.74) is 3.44. The lowest BCUT2D eigenvalue weighted by Crippen LogP contribution is -2.21. The van der Waals surface area contributed by atoms with Crippen LogP contribution in [0.2, 0.25) is 5.02 Å². The fourth-order valence-electron chi connectivity index (χ4n) is 2.22. The van der Waals surface area contributed by atoms with Gasteiger partial charge in [-0.1, -0.05) is 11.6 Å². The van der Waals surface area contributed by atoms with Gasteiger partial charge < -0.3 is 10.2 Å². The largest absolute Gasteiger partial charge is 0.372 e. The van der Waals surface area contributed by atoms with Crippen molar-refractivity contribution >= 4 is 28.7 Å². The highest BCUT2D eigenvalue weighted by molar-refractivity contribution is 6.30. The first-order chi connectivity index (χ1) is 10.2. The van der Waals surface area contributed by atoms with E-state index in [4.69, 9.17) is 16.9 Å². The number of hydrogen-bond acceptors (Lipinski definition) is 3. The summed E-state index contributed by atoms with van der Waals surface area (Å²) >= 11 is 5.90. The molecule has 0 spiro atoms. The van der Waals surface area contributed by atoms with Gasteiger partial charge in [-0.15, -0.1) is 0 Å². The van der Waals surface area contributed by atoms with Crippen molar-refractivity contribution in [3.63, 3.8) is 0 Å². The van der Waals surface area contributed by atoms with Gasteiger partial charge in [-0.3, -0.25) is 0 Å². The second-order valence-corrected chi connectivity index (χ2v) is 5.08. The van der Waals surface area contributed by atoms with E-state index in [0.29, 0.717) is 10.6 Å². The number of nitrogens with zero attached hydrogens (tertiary/aromatic N) is 2. The van der Waals surface area contributed by atoms with Gasteiger partial charge in [0, 0.05) is 29.5 Å². The van der Waals surface area contributed by atoms with Crippen molar-refractivity contribution in [3.05, 3.63) is 53.1 Å². The fourth-order valence-corrected chi connectivity index (χ4v) is 2.39. The van der Waals surface area contributed by atoms with Gasteiger partial charge in [0.2, 0.25) is 0 Å². The Balaban J connectivity index is 2.19. The zero-order valence-electron chi connectivity index (χ0n) is 12.2. The third-order valence-electron chi connectivity index (χ3n) is 3.38. The molecule has 108 valence electrons. The van der Waals surface area contributed by atoms with Gasteiger partial charge in [0.1, 0.15) is 6.07 Å². The van der Waals surface area contributed by atoms with Crippen LogP contribution in [0.1, 0.15) is 19.4 Å². The quantitative estimate of drug-likeness (QED) is 0.862. The number of halogens is 1. The van der Waals surface area contributed by atoms with Crippen molar-refractivity contribution < 1.29 is 0 Å². The summed E-state index contributed by atoms with van der Waals surface area (Å²) in [6.45, 7) is 6.25. The average Bonchev–Trinajstić information content (AvgIpc) is 2.52. The minimum Gasteiger partial charge on any atom is -0.372 e. The van der Waals surface area contributed by atoms with Crippen LogP contribution in [-0.2, 0) is 0 Å². The van der Waals surface area contributed by atoms with Gasteiger partial charge in [0.05, 0.1) is 11.3 Å². The zero-order valence-corrected chi connectivity index (χ0v) is 13.0. The molecule has 2 aromatic rings. The Kier molecular flexibility index (Phi) is 5.08. The van der Waals surface area contributed by atoms with Crippen molar-refractivity contribution in [2.24, 2.45) is 0 Å². The normalized spacial score (nSPS) is 10.0. The molecule has 0 atom stereocenters. The van der Waals surface area contributed by atoms with Gasteiger partial charge in [-0.05, 0) is 56.3 Å². The lowest BCUT2D eigenvalue weighted by molar-refractivity contribution is 0.866. The molecule has 0 fully saturated rings. The molecule has 0 saturated carbocycles. The molecule has 2 aromatic carbocycles. The van der Waals surface area contributed by atoms with E-state index in [1.54, 1.807) is 12.1 Å². The van der Waals surface area contributed by atoms with Crippen LogP contribution in [0.5, 0.6) is 0 Å². The van der Waals surface area contributed by atoms with E-state index in [0.717, 1.165) is 24.5 Å². The summed E-state index contributed by atoms with van der Waals surface area (Å²) in [6.07, 6.45) is 0. The minimum atomic E-state index is 0.537. The second kappa shape index (κ2) is 7.01. The van der Waals surface area contributed by atoms with Crippen molar-refractivity contribution in [2.45, 2.75) is 13.8 Å². The monoisotopic (exact) mass is 299 g/mol. The molecule has 0 aliphatic heterocycles. The zero-order chi connectivity index (χ0) is 15.2. The van der Waals surface area contributed by atoms with Crippen molar-refractivity contribution in [1.29, 1.82) is 5.26 Å². The summed E-state index contributed by atoms with van der Waals surface area (Å²) in [7, 11) is 0. The van der Waals surface area contributed by atoms with Gasteiger partial charge in [-0.25, -0.2) is 0 Å². The maximum atomic E-state index is 9.15. The third kappa shape index (κ3) is 3.68. The van der Waals surface area contributed by atoms with Crippen molar-refractivity contribution in [2.75, 3.05) is 23.3 Å². The Morgan fingerprint density at radius 1 is 1.10 bits per heavy atom. The topological polar surface area (TPSA) is 39.1 Å². The first-order valence-electron chi connectivity index (χ1n) is 6.99. The molecular weight excluding hydrogens is 282 g/mol. The first kappa shape index (κ1) is 15.2. The summed E-state index contributed by atoms with van der Waals surface area (Å²) < 4.78 is 0. The highest BCUT2D eigenvalue weighted by Crippen LogP contribution is 2.25. The molecular formula is C17H18ClN3. The van der Waals surface area contributed by atoms with Crippen LogP contribution >= 0.6 is 11.6 Å². The average molecular weight is 300 g/mol. The predicted octanol–water partition coefficient (Wildman–Crippen LogP) is 4.80. The fraction of sp³-hybridized carbons (Fsp3) is 0.235. The summed E-state index contributed by atoms with van der Waals surface area (Å²) in [5, 5.41) is 13.0. The van der Waals surface area contributed by atoms with E-state index >= 15 is 0 Å². The lowest BCUT2D eigenvalue weighted by Gasteiger charge is -2.21. The summed E-state index contributed by atoms with van der Waals surface area (Å²) in [6, 6.07) is 15.6. The molecule has 21 heavy (non-hydrogen) atoms. The van der Waals surface area contributed by atoms with Crippen LogP contribution in [0, 0.1) is 11.3 Å². The van der Waals surface area contributed by atoms with E-state index < -0.39 is 0 Å². The Labute approximate surface area is 130 Å². The molecule has 0 saturated heterocycles. The number of nitrogens with one attached hydrogen (secondary N) is 1. The van der Waals surface area contributed by atoms with Crippen LogP contribution in [0.25, 0.3) is 0 Å². The molecule has 3 nitrogen and oxygen atoms in total. The number of hydrogen-bond donors (Lipinski definition) is 1. The van der Waals surface area contributed by atoms with Crippen molar-refractivity contribution in [3.8, 4) is 6.07 Å². The first-order valence-corrected chi connectivity index (χ1v) is 7.37. The molecule has 0 aromatic heterocycles. The highest BCUT2D eigenvalue weighted by Gasteiger charge is 2.05. The Morgan fingerprint density at radius 2 is 1.76 bits per heavy atom. The highest BCUT2D eigenvalue weighted by atomic mass is 35.5. The molecule has 0 aliphatic rings. The molecule has 4 heteroatoms. The van der Waals surface area contributed by atoms with Gasteiger partial charge in [-0.2, -0.15) is 5.26 Å².